The molecule has 2 rings (SSSR count). The lowest BCUT2D eigenvalue weighted by molar-refractivity contribution is 0.608. The molecule has 3 heteroatoms. The zero-order valence-electron chi connectivity index (χ0n) is 11.2. The molecule has 0 spiro atoms. The van der Waals surface area contributed by atoms with Gasteiger partial charge in [0.05, 0.1) is 5.69 Å². The normalized spacial score (nSPS) is 10.8. The standard InChI is InChI=1S/C15H21N3/c1-3-11-18-15(9-10-17-18)14-8-6-5-7-13(14)12-16-4-2/h5-10,16H,3-4,11-12H2,1-2H3. The fourth-order valence-electron chi connectivity index (χ4n) is 2.14. The Labute approximate surface area is 109 Å². The van der Waals surface area contributed by atoms with Gasteiger partial charge in [-0.25, -0.2) is 0 Å². The minimum Gasteiger partial charge on any atom is -0.313 e. The molecule has 3 nitrogen and oxygen atoms in total. The molecule has 96 valence electrons. The number of nitrogens with zero attached hydrogens (tertiary/aromatic N) is 2. The fraction of sp³-hybridized carbons (Fsp3) is 0.400. The topological polar surface area (TPSA) is 29.9 Å². The van der Waals surface area contributed by atoms with E-state index in [1.807, 2.05) is 6.20 Å². The lowest BCUT2D eigenvalue weighted by atomic mass is 10.0. The van der Waals surface area contributed by atoms with Gasteiger partial charge in [0.1, 0.15) is 0 Å². The first kappa shape index (κ1) is 12.8. The summed E-state index contributed by atoms with van der Waals surface area (Å²) in [7, 11) is 0. The van der Waals surface area contributed by atoms with Crippen LogP contribution in [0.4, 0.5) is 0 Å². The highest BCUT2D eigenvalue weighted by atomic mass is 15.3. The molecular formula is C15H21N3. The third kappa shape index (κ3) is 2.79. The third-order valence-electron chi connectivity index (χ3n) is 3.01. The Bertz CT molecular complexity index is 488. The van der Waals surface area contributed by atoms with Gasteiger partial charge < -0.3 is 5.32 Å². The summed E-state index contributed by atoms with van der Waals surface area (Å²) in [5, 5.41) is 7.79. The van der Waals surface area contributed by atoms with E-state index in [0.29, 0.717) is 0 Å². The van der Waals surface area contributed by atoms with E-state index >= 15 is 0 Å². The quantitative estimate of drug-likeness (QED) is 0.845. The largest absolute Gasteiger partial charge is 0.313 e. The van der Waals surface area contributed by atoms with E-state index in [-0.39, 0.29) is 0 Å². The second-order valence-electron chi connectivity index (χ2n) is 4.38. The van der Waals surface area contributed by atoms with Gasteiger partial charge in [-0.2, -0.15) is 5.10 Å². The molecule has 0 aliphatic carbocycles. The van der Waals surface area contributed by atoms with Crippen molar-refractivity contribution in [2.75, 3.05) is 6.54 Å². The second-order valence-corrected chi connectivity index (χ2v) is 4.38. The first-order valence-corrected chi connectivity index (χ1v) is 6.67. The molecule has 0 bridgehead atoms. The van der Waals surface area contributed by atoms with Crippen molar-refractivity contribution in [1.82, 2.24) is 15.1 Å². The van der Waals surface area contributed by atoms with Crippen LogP contribution in [0.25, 0.3) is 11.3 Å². The van der Waals surface area contributed by atoms with Gasteiger partial charge in [-0.3, -0.25) is 4.68 Å². The molecule has 1 N–H and O–H groups in total. The molecule has 1 aromatic heterocycles. The van der Waals surface area contributed by atoms with Gasteiger partial charge in [0.25, 0.3) is 0 Å². The fourth-order valence-corrected chi connectivity index (χ4v) is 2.14. The highest BCUT2D eigenvalue weighted by Gasteiger charge is 2.08. The van der Waals surface area contributed by atoms with Crippen LogP contribution in [0.1, 0.15) is 25.8 Å². The Morgan fingerprint density at radius 2 is 2.00 bits per heavy atom. The molecule has 0 fully saturated rings. The summed E-state index contributed by atoms with van der Waals surface area (Å²) in [5.74, 6) is 0. The number of hydrogen-bond donors (Lipinski definition) is 1. The molecule has 0 aliphatic rings. The highest BCUT2D eigenvalue weighted by Crippen LogP contribution is 2.23. The molecule has 0 amide bonds. The summed E-state index contributed by atoms with van der Waals surface area (Å²) < 4.78 is 2.09. The van der Waals surface area contributed by atoms with E-state index in [2.05, 4.69) is 59.3 Å². The minimum absolute atomic E-state index is 0.907. The van der Waals surface area contributed by atoms with Crippen molar-refractivity contribution in [3.05, 3.63) is 42.1 Å². The van der Waals surface area contributed by atoms with Crippen LogP contribution in [0.5, 0.6) is 0 Å². The van der Waals surface area contributed by atoms with Crippen LogP contribution in [0.15, 0.2) is 36.5 Å². The van der Waals surface area contributed by atoms with Gasteiger partial charge >= 0.3 is 0 Å². The van der Waals surface area contributed by atoms with Crippen LogP contribution < -0.4 is 5.32 Å². The average Bonchev–Trinajstić information content (AvgIpc) is 2.85. The van der Waals surface area contributed by atoms with Crippen molar-refractivity contribution in [1.29, 1.82) is 0 Å². The molecule has 1 heterocycles. The molecule has 2 aromatic rings. The smallest absolute Gasteiger partial charge is 0.0685 e. The van der Waals surface area contributed by atoms with Gasteiger partial charge in [0.15, 0.2) is 0 Å². The lowest BCUT2D eigenvalue weighted by Crippen LogP contribution is -2.13. The zero-order chi connectivity index (χ0) is 12.8. The van der Waals surface area contributed by atoms with Crippen LogP contribution >= 0.6 is 0 Å². The Morgan fingerprint density at radius 1 is 1.17 bits per heavy atom. The van der Waals surface area contributed by atoms with E-state index in [1.165, 1.54) is 16.8 Å². The Kier molecular flexibility index (Phi) is 4.53. The molecule has 18 heavy (non-hydrogen) atoms. The Morgan fingerprint density at radius 3 is 2.78 bits per heavy atom. The summed E-state index contributed by atoms with van der Waals surface area (Å²) in [6.45, 7) is 7.17. The molecule has 0 aliphatic heterocycles. The molecular weight excluding hydrogens is 222 g/mol. The van der Waals surface area contributed by atoms with E-state index in [1.54, 1.807) is 0 Å². The summed E-state index contributed by atoms with van der Waals surface area (Å²) in [5.41, 5.74) is 3.83. The number of rotatable bonds is 6. The summed E-state index contributed by atoms with van der Waals surface area (Å²) >= 11 is 0. The lowest BCUT2D eigenvalue weighted by Gasteiger charge is -2.11. The molecule has 0 saturated heterocycles. The van der Waals surface area contributed by atoms with Crippen molar-refractivity contribution < 1.29 is 0 Å². The molecule has 0 radical (unpaired) electrons. The van der Waals surface area contributed by atoms with Gasteiger partial charge in [0, 0.05) is 24.8 Å². The maximum Gasteiger partial charge on any atom is 0.0685 e. The molecule has 0 unspecified atom stereocenters. The molecule has 1 aromatic carbocycles. The van der Waals surface area contributed by atoms with Crippen molar-refractivity contribution in [2.24, 2.45) is 0 Å². The third-order valence-corrected chi connectivity index (χ3v) is 3.01. The van der Waals surface area contributed by atoms with Crippen molar-refractivity contribution in [2.45, 2.75) is 33.4 Å². The van der Waals surface area contributed by atoms with Gasteiger partial charge in [0.2, 0.25) is 0 Å². The number of aromatic nitrogens is 2. The van der Waals surface area contributed by atoms with E-state index < -0.39 is 0 Å². The second kappa shape index (κ2) is 6.36. The highest BCUT2D eigenvalue weighted by molar-refractivity contribution is 5.63. The van der Waals surface area contributed by atoms with E-state index in [0.717, 1.165) is 26.1 Å². The monoisotopic (exact) mass is 243 g/mol. The van der Waals surface area contributed by atoms with Gasteiger partial charge in [-0.05, 0) is 24.6 Å². The first-order chi connectivity index (χ1) is 8.86. The molecule has 0 saturated carbocycles. The predicted molar refractivity (Wildman–Crippen MR) is 75.3 cm³/mol. The minimum atomic E-state index is 0.907. The first-order valence-electron chi connectivity index (χ1n) is 6.67. The van der Waals surface area contributed by atoms with Crippen molar-refractivity contribution in [3.8, 4) is 11.3 Å². The summed E-state index contributed by atoms with van der Waals surface area (Å²) in [4.78, 5) is 0. The number of aryl methyl sites for hydroxylation is 1. The van der Waals surface area contributed by atoms with Gasteiger partial charge in [-0.1, -0.05) is 38.1 Å². The maximum atomic E-state index is 4.40. The van der Waals surface area contributed by atoms with Crippen LogP contribution in [0.3, 0.4) is 0 Å². The average molecular weight is 243 g/mol. The number of benzene rings is 1. The van der Waals surface area contributed by atoms with Crippen LogP contribution in [0, 0.1) is 0 Å². The van der Waals surface area contributed by atoms with Crippen molar-refractivity contribution in [3.63, 3.8) is 0 Å². The Balaban J connectivity index is 2.33. The van der Waals surface area contributed by atoms with Crippen LogP contribution in [0.2, 0.25) is 0 Å². The van der Waals surface area contributed by atoms with E-state index in [9.17, 15) is 0 Å². The van der Waals surface area contributed by atoms with Gasteiger partial charge in [-0.15, -0.1) is 0 Å². The Hall–Kier alpha value is -1.61. The van der Waals surface area contributed by atoms with Crippen molar-refractivity contribution >= 4 is 0 Å². The van der Waals surface area contributed by atoms with Crippen LogP contribution in [-0.4, -0.2) is 16.3 Å². The van der Waals surface area contributed by atoms with Crippen LogP contribution in [-0.2, 0) is 13.1 Å². The van der Waals surface area contributed by atoms with E-state index in [4.69, 9.17) is 0 Å². The zero-order valence-corrected chi connectivity index (χ0v) is 11.2. The molecule has 0 atom stereocenters. The SMILES string of the molecule is CCCn1nccc1-c1ccccc1CNCC. The summed E-state index contributed by atoms with van der Waals surface area (Å²) in [6, 6.07) is 10.6. The number of nitrogens with one attached hydrogen (secondary N) is 1. The summed E-state index contributed by atoms with van der Waals surface area (Å²) in [6.07, 6.45) is 2.99. The number of hydrogen-bond acceptors (Lipinski definition) is 2. The predicted octanol–water partition coefficient (Wildman–Crippen LogP) is 3.07. The maximum absolute atomic E-state index is 4.40.